The third-order valence-electron chi connectivity index (χ3n) is 4.83. The van der Waals surface area contributed by atoms with E-state index < -0.39 is 41.1 Å². The molecule has 0 radical (unpaired) electrons. The number of halogens is 2. The molecule has 0 aliphatic carbocycles. The number of hydrogen-bond donors (Lipinski definition) is 0. The van der Waals surface area contributed by atoms with Crippen molar-refractivity contribution in [2.45, 2.75) is 0 Å². The van der Waals surface area contributed by atoms with Gasteiger partial charge in [0.05, 0.1) is 5.56 Å². The molecular formula is C28H18F2O8. The molecule has 10 heteroatoms. The molecule has 3 aromatic carbocycles. The fourth-order valence-corrected chi connectivity index (χ4v) is 3.19. The van der Waals surface area contributed by atoms with E-state index >= 15 is 8.78 Å². The molecule has 0 fully saturated rings. The van der Waals surface area contributed by atoms with Gasteiger partial charge in [-0.1, -0.05) is 32.4 Å². The maximum absolute atomic E-state index is 15.8. The van der Waals surface area contributed by atoms with Crippen LogP contribution in [0.25, 0.3) is 21.9 Å². The molecule has 8 nitrogen and oxygen atoms in total. The zero-order valence-electron chi connectivity index (χ0n) is 19.6. The first-order chi connectivity index (χ1) is 18.1. The first kappa shape index (κ1) is 27.2. The highest BCUT2D eigenvalue weighted by Gasteiger charge is 2.22. The molecule has 3 rings (SSSR count). The van der Waals surface area contributed by atoms with Crippen LogP contribution >= 0.6 is 0 Å². The molecule has 0 bridgehead atoms. The lowest BCUT2D eigenvalue weighted by molar-refractivity contribution is -0.131. The molecule has 3 aromatic rings. The van der Waals surface area contributed by atoms with Crippen molar-refractivity contribution < 1.29 is 46.9 Å². The summed E-state index contributed by atoms with van der Waals surface area (Å²) >= 11 is 0. The normalized spacial score (nSPS) is 10.2. The molecule has 0 atom stereocenters. The Bertz CT molecular complexity index is 1540. The average Bonchev–Trinajstić information content (AvgIpc) is 2.90. The molecular weight excluding hydrogens is 502 g/mol. The third kappa shape index (κ3) is 5.88. The highest BCUT2D eigenvalue weighted by Crippen LogP contribution is 2.40. The smallest absolute Gasteiger partial charge is 0.335 e. The first-order valence-corrected chi connectivity index (χ1v) is 10.6. The number of ether oxygens (including phenoxy) is 4. The Hall–Kier alpha value is -5.38. The van der Waals surface area contributed by atoms with Gasteiger partial charge in [-0.15, -0.1) is 0 Å². The lowest BCUT2D eigenvalue weighted by Gasteiger charge is -2.15. The molecule has 192 valence electrons. The molecule has 0 saturated carbocycles. The predicted molar refractivity (Wildman–Crippen MR) is 133 cm³/mol. The molecule has 0 N–H and O–H groups in total. The van der Waals surface area contributed by atoms with Crippen LogP contribution in [0.4, 0.5) is 8.78 Å². The third-order valence-corrected chi connectivity index (χ3v) is 4.83. The maximum atomic E-state index is 15.8. The van der Waals surface area contributed by atoms with Gasteiger partial charge < -0.3 is 18.9 Å². The van der Waals surface area contributed by atoms with E-state index in [0.29, 0.717) is 0 Å². The van der Waals surface area contributed by atoms with Crippen molar-refractivity contribution in [3.63, 3.8) is 0 Å². The van der Waals surface area contributed by atoms with E-state index in [-0.39, 0.29) is 39.3 Å². The van der Waals surface area contributed by atoms with Gasteiger partial charge in [0.1, 0.15) is 11.6 Å². The van der Waals surface area contributed by atoms with Crippen molar-refractivity contribution in [2.24, 2.45) is 0 Å². The van der Waals surface area contributed by atoms with Crippen molar-refractivity contribution in [3.05, 3.63) is 98.7 Å². The van der Waals surface area contributed by atoms with Crippen molar-refractivity contribution >= 4 is 34.6 Å². The second-order valence-electron chi connectivity index (χ2n) is 7.23. The number of benzene rings is 3. The van der Waals surface area contributed by atoms with E-state index in [2.05, 4.69) is 26.3 Å². The van der Waals surface area contributed by atoms with Crippen molar-refractivity contribution in [2.75, 3.05) is 0 Å². The highest BCUT2D eigenvalue weighted by molar-refractivity contribution is 5.94. The summed E-state index contributed by atoms with van der Waals surface area (Å²) in [6.45, 7) is 13.1. The van der Waals surface area contributed by atoms with Crippen molar-refractivity contribution in [1.82, 2.24) is 0 Å². The predicted octanol–water partition coefficient (Wildman–Crippen LogP) is 5.15. The number of carbonyl (C=O) groups excluding carboxylic acids is 4. The van der Waals surface area contributed by atoms with E-state index in [1.165, 1.54) is 12.1 Å². The highest BCUT2D eigenvalue weighted by atomic mass is 19.1. The van der Waals surface area contributed by atoms with E-state index in [1.807, 2.05) is 0 Å². The zero-order valence-corrected chi connectivity index (χ0v) is 19.6. The number of esters is 4. The van der Waals surface area contributed by atoms with Crippen LogP contribution in [0, 0.1) is 11.6 Å². The van der Waals surface area contributed by atoms with Crippen LogP contribution < -0.4 is 18.9 Å². The Morgan fingerprint density at radius 2 is 1.05 bits per heavy atom. The van der Waals surface area contributed by atoms with Gasteiger partial charge >= 0.3 is 23.9 Å². The van der Waals surface area contributed by atoms with Gasteiger partial charge in [0.25, 0.3) is 0 Å². The minimum Gasteiger partial charge on any atom is -0.419 e. The molecule has 0 aliphatic rings. The van der Waals surface area contributed by atoms with Gasteiger partial charge in [-0.3, -0.25) is 0 Å². The summed E-state index contributed by atoms with van der Waals surface area (Å²) in [6.07, 6.45) is 3.39. The maximum Gasteiger partial charge on any atom is 0.335 e. The fourth-order valence-electron chi connectivity index (χ4n) is 3.19. The molecule has 0 amide bonds. The van der Waals surface area contributed by atoms with Crippen molar-refractivity contribution in [3.8, 4) is 34.1 Å². The largest absolute Gasteiger partial charge is 0.419 e. The average molecular weight is 520 g/mol. The molecule has 0 aromatic heterocycles. The van der Waals surface area contributed by atoms with Gasteiger partial charge in [-0.2, -0.15) is 0 Å². The topological polar surface area (TPSA) is 105 Å². The number of fused-ring (bicyclic) bond motifs is 1. The standard InChI is InChI=1S/C28H18F2O8/c1-5-23(31)35-19-10-9-15(12-20(19)36-24(32)6-2)27-18(29)11-16-13-21(37-25(33)7-3)22(38-26(34)8-4)14-17(16)28(27)30/h5-14H,1-4H2. The molecule has 0 saturated heterocycles. The van der Waals surface area contributed by atoms with Gasteiger partial charge in [0.2, 0.25) is 0 Å². The minimum atomic E-state index is -1.09. The number of hydrogen-bond acceptors (Lipinski definition) is 8. The lowest BCUT2D eigenvalue weighted by Crippen LogP contribution is -2.09. The summed E-state index contributed by atoms with van der Waals surface area (Å²) in [5.41, 5.74) is -0.647. The Labute approximate surface area is 214 Å². The van der Waals surface area contributed by atoms with Crippen LogP contribution in [0.5, 0.6) is 23.0 Å². The van der Waals surface area contributed by atoms with Crippen LogP contribution in [0.1, 0.15) is 0 Å². The summed E-state index contributed by atoms with van der Waals surface area (Å²) in [5, 5.41) is -0.248. The molecule has 0 spiro atoms. The summed E-state index contributed by atoms with van der Waals surface area (Å²) < 4.78 is 51.2. The Morgan fingerprint density at radius 3 is 1.55 bits per heavy atom. The monoisotopic (exact) mass is 520 g/mol. The second-order valence-corrected chi connectivity index (χ2v) is 7.23. The Kier molecular flexibility index (Phi) is 8.29. The summed E-state index contributed by atoms with van der Waals surface area (Å²) in [4.78, 5) is 46.9. The molecule has 0 unspecified atom stereocenters. The lowest BCUT2D eigenvalue weighted by atomic mass is 9.98. The van der Waals surface area contributed by atoms with Crippen LogP contribution in [0.3, 0.4) is 0 Å². The number of carbonyl (C=O) groups is 4. The molecule has 0 heterocycles. The molecule has 38 heavy (non-hydrogen) atoms. The van der Waals surface area contributed by atoms with Crippen LogP contribution in [-0.4, -0.2) is 23.9 Å². The minimum absolute atomic E-state index is 0.0381. The van der Waals surface area contributed by atoms with Gasteiger partial charge in [-0.05, 0) is 41.3 Å². The van der Waals surface area contributed by atoms with E-state index in [9.17, 15) is 19.2 Å². The van der Waals surface area contributed by atoms with Crippen LogP contribution in [0.2, 0.25) is 0 Å². The van der Waals surface area contributed by atoms with Gasteiger partial charge in [-0.25, -0.2) is 28.0 Å². The van der Waals surface area contributed by atoms with E-state index in [0.717, 1.165) is 48.6 Å². The Balaban J connectivity index is 2.23. The fraction of sp³-hybridized carbons (Fsp3) is 0. The Morgan fingerprint density at radius 1 is 0.605 bits per heavy atom. The quantitative estimate of drug-likeness (QED) is 0.217. The SMILES string of the molecule is C=CC(=O)Oc1ccc(-c2c(F)cc3cc(OC(=O)C=C)c(OC(=O)C=C)cc3c2F)cc1OC(=O)C=C. The van der Waals surface area contributed by atoms with E-state index in [4.69, 9.17) is 18.9 Å². The molecule has 0 aliphatic heterocycles. The van der Waals surface area contributed by atoms with Gasteiger partial charge in [0, 0.05) is 29.7 Å². The second kappa shape index (κ2) is 11.6. The van der Waals surface area contributed by atoms with E-state index in [1.54, 1.807) is 0 Å². The zero-order chi connectivity index (χ0) is 28.0. The summed E-state index contributed by atoms with van der Waals surface area (Å²) in [5.74, 6) is -6.94. The first-order valence-electron chi connectivity index (χ1n) is 10.6. The van der Waals surface area contributed by atoms with Crippen LogP contribution in [0.15, 0.2) is 87.0 Å². The van der Waals surface area contributed by atoms with Gasteiger partial charge in [0.15, 0.2) is 23.0 Å². The summed E-state index contributed by atoms with van der Waals surface area (Å²) in [7, 11) is 0. The van der Waals surface area contributed by atoms with Crippen LogP contribution in [-0.2, 0) is 19.2 Å². The van der Waals surface area contributed by atoms with Crippen molar-refractivity contribution in [1.29, 1.82) is 0 Å². The summed E-state index contributed by atoms with van der Waals surface area (Å²) in [6, 6.07) is 6.58. The number of rotatable bonds is 9.